The van der Waals surface area contributed by atoms with Gasteiger partial charge in [0, 0.05) is 18.0 Å². The van der Waals surface area contributed by atoms with Gasteiger partial charge in [-0.05, 0) is 50.5 Å². The minimum Gasteiger partial charge on any atom is -0.491 e. The number of amides is 1. The second-order valence-electron chi connectivity index (χ2n) is 5.95. The molecule has 0 spiro atoms. The fraction of sp³-hybridized carbons (Fsp3) is 0.471. The molecule has 1 aromatic carbocycles. The number of rotatable bonds is 7. The zero-order valence-electron chi connectivity index (χ0n) is 12.6. The van der Waals surface area contributed by atoms with Gasteiger partial charge in [-0.15, -0.1) is 0 Å². The minimum absolute atomic E-state index is 0.0610. The number of aliphatic hydroxyl groups excluding tert-OH is 1. The lowest BCUT2D eigenvalue weighted by Gasteiger charge is -2.11. The highest BCUT2D eigenvalue weighted by Crippen LogP contribution is 2.44. The molecular weight excluding hydrogens is 266 g/mol. The monoisotopic (exact) mass is 289 g/mol. The van der Waals surface area contributed by atoms with Crippen molar-refractivity contribution in [2.45, 2.75) is 32.8 Å². The average molecular weight is 289 g/mol. The summed E-state index contributed by atoms with van der Waals surface area (Å²) in [5, 5.41) is 12.0. The molecule has 0 radical (unpaired) electrons. The van der Waals surface area contributed by atoms with Crippen LogP contribution in [0.2, 0.25) is 0 Å². The number of carbonyl (C=O) groups is 1. The van der Waals surface area contributed by atoms with E-state index in [9.17, 15) is 9.90 Å². The van der Waals surface area contributed by atoms with E-state index in [0.29, 0.717) is 6.54 Å². The third kappa shape index (κ3) is 4.90. The number of benzene rings is 1. The van der Waals surface area contributed by atoms with Gasteiger partial charge in [-0.1, -0.05) is 12.1 Å². The minimum atomic E-state index is -0.134. The molecule has 1 aromatic rings. The van der Waals surface area contributed by atoms with Gasteiger partial charge < -0.3 is 15.2 Å². The number of carbonyl (C=O) groups excluding carboxylic acids is 1. The number of ether oxygens (including phenoxy) is 1. The molecule has 21 heavy (non-hydrogen) atoms. The van der Waals surface area contributed by atoms with Crippen LogP contribution in [-0.4, -0.2) is 30.3 Å². The maximum Gasteiger partial charge on any atom is 0.244 e. The van der Waals surface area contributed by atoms with Crippen LogP contribution in [-0.2, 0) is 4.79 Å². The first-order valence-corrected chi connectivity index (χ1v) is 7.36. The van der Waals surface area contributed by atoms with Crippen molar-refractivity contribution in [2.24, 2.45) is 5.41 Å². The lowest BCUT2D eigenvalue weighted by molar-refractivity contribution is -0.116. The molecule has 0 aromatic heterocycles. The Bertz CT molecular complexity index is 519. The maximum atomic E-state index is 11.8. The Balaban J connectivity index is 1.86. The number of hydrogen-bond donors (Lipinski definition) is 2. The summed E-state index contributed by atoms with van der Waals surface area (Å²) in [4.78, 5) is 11.8. The summed E-state index contributed by atoms with van der Waals surface area (Å²) in [7, 11) is 0. The van der Waals surface area contributed by atoms with Gasteiger partial charge in [0.25, 0.3) is 0 Å². The predicted octanol–water partition coefficient (Wildman–Crippen LogP) is 2.38. The van der Waals surface area contributed by atoms with Crippen molar-refractivity contribution < 1.29 is 14.6 Å². The fourth-order valence-corrected chi connectivity index (χ4v) is 2.04. The van der Waals surface area contributed by atoms with Gasteiger partial charge >= 0.3 is 0 Å². The highest BCUT2D eigenvalue weighted by atomic mass is 16.5. The van der Waals surface area contributed by atoms with E-state index in [0.717, 1.165) is 24.2 Å². The summed E-state index contributed by atoms with van der Waals surface area (Å²) in [6.45, 7) is 4.64. The quantitative estimate of drug-likeness (QED) is 0.758. The van der Waals surface area contributed by atoms with E-state index in [4.69, 9.17) is 4.74 Å². The average Bonchev–Trinajstić information content (AvgIpc) is 3.23. The van der Waals surface area contributed by atoms with Crippen LogP contribution in [0, 0.1) is 5.41 Å². The van der Waals surface area contributed by atoms with Crippen LogP contribution < -0.4 is 10.1 Å². The first kappa shape index (κ1) is 15.6. The van der Waals surface area contributed by atoms with Crippen molar-refractivity contribution in [1.82, 2.24) is 5.32 Å². The molecule has 1 aliphatic rings. The second kappa shape index (κ2) is 6.76. The standard InChI is InChI=1S/C17H23NO3/c1-13(2)21-15-5-3-4-14(10-15)6-7-16(20)18-11-17(12-19)8-9-17/h3-7,10,13,19H,8-9,11-12H2,1-2H3,(H,18,20)/b7-6+. The number of aliphatic hydroxyl groups is 1. The molecule has 1 aliphatic carbocycles. The maximum absolute atomic E-state index is 11.8. The van der Waals surface area contributed by atoms with Crippen molar-refractivity contribution in [1.29, 1.82) is 0 Å². The zero-order valence-corrected chi connectivity index (χ0v) is 12.6. The third-order valence-corrected chi connectivity index (χ3v) is 3.59. The molecule has 0 aliphatic heterocycles. The van der Waals surface area contributed by atoms with Crippen molar-refractivity contribution in [3.63, 3.8) is 0 Å². The molecule has 114 valence electrons. The van der Waals surface area contributed by atoms with Crippen LogP contribution in [0.4, 0.5) is 0 Å². The van der Waals surface area contributed by atoms with E-state index < -0.39 is 0 Å². The van der Waals surface area contributed by atoms with Crippen molar-refractivity contribution in [3.05, 3.63) is 35.9 Å². The molecule has 0 unspecified atom stereocenters. The summed E-state index contributed by atoms with van der Waals surface area (Å²) in [5.41, 5.74) is 0.862. The predicted molar refractivity (Wildman–Crippen MR) is 83.0 cm³/mol. The molecular formula is C17H23NO3. The van der Waals surface area contributed by atoms with Crippen LogP contribution in [0.25, 0.3) is 6.08 Å². The van der Waals surface area contributed by atoms with E-state index in [1.807, 2.05) is 38.1 Å². The molecule has 1 saturated carbocycles. The molecule has 1 fully saturated rings. The van der Waals surface area contributed by atoms with Crippen LogP contribution in [0.15, 0.2) is 30.3 Å². The molecule has 2 rings (SSSR count). The topological polar surface area (TPSA) is 58.6 Å². The Morgan fingerprint density at radius 1 is 1.48 bits per heavy atom. The van der Waals surface area contributed by atoms with E-state index in [1.54, 1.807) is 6.08 Å². The Labute approximate surface area is 125 Å². The number of hydrogen-bond acceptors (Lipinski definition) is 3. The Morgan fingerprint density at radius 2 is 2.24 bits per heavy atom. The molecule has 2 N–H and O–H groups in total. The molecule has 0 heterocycles. The SMILES string of the molecule is CC(C)Oc1cccc(/C=C/C(=O)NCC2(CO)CC2)c1. The highest BCUT2D eigenvalue weighted by molar-refractivity contribution is 5.91. The first-order valence-electron chi connectivity index (χ1n) is 7.36. The first-order chi connectivity index (χ1) is 10.0. The summed E-state index contributed by atoms with van der Waals surface area (Å²) in [6, 6.07) is 7.63. The Kier molecular flexibility index (Phi) is 5.02. The van der Waals surface area contributed by atoms with E-state index in [1.165, 1.54) is 6.08 Å². The summed E-state index contributed by atoms with van der Waals surface area (Å²) >= 11 is 0. The lowest BCUT2D eigenvalue weighted by atomic mass is 10.1. The zero-order chi connectivity index (χ0) is 15.3. The second-order valence-corrected chi connectivity index (χ2v) is 5.95. The van der Waals surface area contributed by atoms with E-state index >= 15 is 0 Å². The lowest BCUT2D eigenvalue weighted by Crippen LogP contribution is -2.30. The summed E-state index contributed by atoms with van der Waals surface area (Å²) < 4.78 is 5.61. The Hall–Kier alpha value is -1.81. The molecule has 1 amide bonds. The largest absolute Gasteiger partial charge is 0.491 e. The van der Waals surface area contributed by atoms with Gasteiger partial charge in [0.2, 0.25) is 5.91 Å². The van der Waals surface area contributed by atoms with Crippen LogP contribution >= 0.6 is 0 Å². The van der Waals surface area contributed by atoms with Gasteiger partial charge in [-0.2, -0.15) is 0 Å². The van der Waals surface area contributed by atoms with Gasteiger partial charge in [0.1, 0.15) is 5.75 Å². The fourth-order valence-electron chi connectivity index (χ4n) is 2.04. The van der Waals surface area contributed by atoms with Crippen LogP contribution in [0.1, 0.15) is 32.3 Å². The third-order valence-electron chi connectivity index (χ3n) is 3.59. The van der Waals surface area contributed by atoms with Crippen molar-refractivity contribution in [2.75, 3.05) is 13.2 Å². The Morgan fingerprint density at radius 3 is 2.86 bits per heavy atom. The van der Waals surface area contributed by atoms with E-state index in [2.05, 4.69) is 5.32 Å². The molecule has 4 heteroatoms. The normalized spacial score (nSPS) is 16.2. The molecule has 4 nitrogen and oxygen atoms in total. The molecule has 0 saturated heterocycles. The molecule has 0 bridgehead atoms. The van der Waals surface area contributed by atoms with Crippen molar-refractivity contribution in [3.8, 4) is 5.75 Å². The van der Waals surface area contributed by atoms with E-state index in [-0.39, 0.29) is 24.0 Å². The number of nitrogens with one attached hydrogen (secondary N) is 1. The van der Waals surface area contributed by atoms with Gasteiger partial charge in [-0.25, -0.2) is 0 Å². The van der Waals surface area contributed by atoms with Gasteiger partial charge in [0.05, 0.1) is 12.7 Å². The molecule has 0 atom stereocenters. The summed E-state index contributed by atoms with van der Waals surface area (Å²) in [5.74, 6) is 0.662. The smallest absolute Gasteiger partial charge is 0.244 e. The van der Waals surface area contributed by atoms with Gasteiger partial charge in [0.15, 0.2) is 0 Å². The summed E-state index contributed by atoms with van der Waals surface area (Å²) in [6.07, 6.45) is 5.38. The van der Waals surface area contributed by atoms with Crippen LogP contribution in [0.5, 0.6) is 5.75 Å². The van der Waals surface area contributed by atoms with Crippen molar-refractivity contribution >= 4 is 12.0 Å². The van der Waals surface area contributed by atoms with Crippen LogP contribution in [0.3, 0.4) is 0 Å². The van der Waals surface area contributed by atoms with Gasteiger partial charge in [-0.3, -0.25) is 4.79 Å². The highest BCUT2D eigenvalue weighted by Gasteiger charge is 2.41.